The summed E-state index contributed by atoms with van der Waals surface area (Å²) in [6, 6.07) is 3.68. The second-order valence-corrected chi connectivity index (χ2v) is 5.32. The minimum absolute atomic E-state index is 0.124. The highest BCUT2D eigenvalue weighted by atomic mass is 19.1. The molecule has 86 valence electrons. The van der Waals surface area contributed by atoms with Gasteiger partial charge in [0.1, 0.15) is 5.82 Å². The number of rotatable bonds is 2. The van der Waals surface area contributed by atoms with Crippen molar-refractivity contribution in [3.8, 4) is 0 Å². The first kappa shape index (κ1) is 10.3. The van der Waals surface area contributed by atoms with Gasteiger partial charge in [-0.25, -0.2) is 4.39 Å². The minimum Gasteiger partial charge on any atom is -0.390 e. The molecular formula is C14H17FO. The molecule has 0 saturated heterocycles. The summed E-state index contributed by atoms with van der Waals surface area (Å²) in [5.41, 5.74) is 2.59. The summed E-state index contributed by atoms with van der Waals surface area (Å²) in [5, 5.41) is 9.84. The summed E-state index contributed by atoms with van der Waals surface area (Å²) in [6.45, 7) is 0. The van der Waals surface area contributed by atoms with Crippen LogP contribution in [0.1, 0.15) is 42.4 Å². The Bertz CT molecular complexity index is 421. The Morgan fingerprint density at radius 3 is 2.38 bits per heavy atom. The van der Waals surface area contributed by atoms with E-state index in [-0.39, 0.29) is 5.82 Å². The summed E-state index contributed by atoms with van der Waals surface area (Å²) >= 11 is 0. The maximum atomic E-state index is 13.8. The summed E-state index contributed by atoms with van der Waals surface area (Å²) in [5.74, 6) is -0.124. The van der Waals surface area contributed by atoms with Crippen LogP contribution in [-0.2, 0) is 19.3 Å². The lowest BCUT2D eigenvalue weighted by Gasteiger charge is -2.18. The predicted octanol–water partition coefficient (Wildman–Crippen LogP) is 2.77. The van der Waals surface area contributed by atoms with Crippen molar-refractivity contribution in [3.63, 3.8) is 0 Å². The molecule has 1 saturated carbocycles. The number of hydrogen-bond acceptors (Lipinski definition) is 1. The van der Waals surface area contributed by atoms with Crippen LogP contribution < -0.4 is 0 Å². The maximum Gasteiger partial charge on any atom is 0.126 e. The van der Waals surface area contributed by atoms with E-state index in [1.54, 1.807) is 6.07 Å². The topological polar surface area (TPSA) is 20.2 Å². The van der Waals surface area contributed by atoms with Crippen molar-refractivity contribution in [2.45, 2.75) is 50.5 Å². The average Bonchev–Trinajstić information content (AvgIpc) is 2.97. The molecule has 0 amide bonds. The minimum atomic E-state index is -0.594. The van der Waals surface area contributed by atoms with Crippen LogP contribution in [0.15, 0.2) is 12.1 Å². The highest BCUT2D eigenvalue weighted by molar-refractivity contribution is 5.36. The van der Waals surface area contributed by atoms with Crippen molar-refractivity contribution in [1.29, 1.82) is 0 Å². The van der Waals surface area contributed by atoms with E-state index in [1.165, 1.54) is 24.0 Å². The van der Waals surface area contributed by atoms with Crippen LogP contribution in [-0.4, -0.2) is 10.7 Å². The van der Waals surface area contributed by atoms with Crippen LogP contribution in [0.4, 0.5) is 4.39 Å². The number of fused-ring (bicyclic) bond motifs is 1. The SMILES string of the molecule is OC1(Cc2cc3c(cc2F)CCCC3)CC1. The van der Waals surface area contributed by atoms with E-state index >= 15 is 0 Å². The molecule has 16 heavy (non-hydrogen) atoms. The van der Waals surface area contributed by atoms with E-state index in [2.05, 4.69) is 0 Å². The third-order valence-electron chi connectivity index (χ3n) is 3.86. The van der Waals surface area contributed by atoms with Crippen molar-refractivity contribution >= 4 is 0 Å². The van der Waals surface area contributed by atoms with E-state index in [1.807, 2.05) is 6.07 Å². The van der Waals surface area contributed by atoms with Crippen molar-refractivity contribution < 1.29 is 9.50 Å². The predicted molar refractivity (Wildman–Crippen MR) is 60.9 cm³/mol. The average molecular weight is 220 g/mol. The number of aliphatic hydroxyl groups is 1. The Kier molecular flexibility index (Phi) is 2.28. The third-order valence-corrected chi connectivity index (χ3v) is 3.86. The molecule has 3 rings (SSSR count). The molecular weight excluding hydrogens is 203 g/mol. The van der Waals surface area contributed by atoms with E-state index in [9.17, 15) is 9.50 Å². The summed E-state index contributed by atoms with van der Waals surface area (Å²) in [4.78, 5) is 0. The molecule has 0 spiro atoms. The highest BCUT2D eigenvalue weighted by Crippen LogP contribution is 2.39. The Morgan fingerprint density at radius 2 is 1.75 bits per heavy atom. The standard InChI is InChI=1S/C14H17FO/c15-13-8-11-4-2-1-3-10(11)7-12(13)9-14(16)5-6-14/h7-8,16H,1-6,9H2. The zero-order valence-electron chi connectivity index (χ0n) is 9.43. The fraction of sp³-hybridized carbons (Fsp3) is 0.571. The van der Waals surface area contributed by atoms with Crippen LogP contribution in [0.3, 0.4) is 0 Å². The molecule has 1 N–H and O–H groups in total. The van der Waals surface area contributed by atoms with Gasteiger partial charge in [-0.3, -0.25) is 0 Å². The van der Waals surface area contributed by atoms with Crippen molar-refractivity contribution in [1.82, 2.24) is 0 Å². The Morgan fingerprint density at radius 1 is 1.12 bits per heavy atom. The molecule has 2 aliphatic rings. The molecule has 0 aromatic heterocycles. The molecule has 1 aromatic carbocycles. The number of benzene rings is 1. The molecule has 1 fully saturated rings. The molecule has 0 radical (unpaired) electrons. The van der Waals surface area contributed by atoms with Crippen molar-refractivity contribution in [2.75, 3.05) is 0 Å². The van der Waals surface area contributed by atoms with Crippen molar-refractivity contribution in [3.05, 3.63) is 34.6 Å². The second kappa shape index (κ2) is 3.56. The molecule has 1 nitrogen and oxygen atoms in total. The van der Waals surface area contributed by atoms with Crippen LogP contribution >= 0.6 is 0 Å². The summed E-state index contributed by atoms with van der Waals surface area (Å²) in [7, 11) is 0. The largest absolute Gasteiger partial charge is 0.390 e. The van der Waals surface area contributed by atoms with Gasteiger partial charge < -0.3 is 5.11 Å². The van der Waals surface area contributed by atoms with Gasteiger partial charge in [-0.05, 0) is 61.3 Å². The van der Waals surface area contributed by atoms with Crippen LogP contribution in [0.5, 0.6) is 0 Å². The van der Waals surface area contributed by atoms with Gasteiger partial charge in [-0.2, -0.15) is 0 Å². The lowest BCUT2D eigenvalue weighted by molar-refractivity contribution is 0.149. The van der Waals surface area contributed by atoms with Gasteiger partial charge in [-0.15, -0.1) is 0 Å². The van der Waals surface area contributed by atoms with Gasteiger partial charge in [0.15, 0.2) is 0 Å². The molecule has 1 aromatic rings. The molecule has 2 aliphatic carbocycles. The first-order valence-electron chi connectivity index (χ1n) is 6.19. The Labute approximate surface area is 95.3 Å². The molecule has 2 heteroatoms. The fourth-order valence-corrected chi connectivity index (χ4v) is 2.62. The maximum absolute atomic E-state index is 13.8. The highest BCUT2D eigenvalue weighted by Gasteiger charge is 2.40. The van der Waals surface area contributed by atoms with Gasteiger partial charge in [0.05, 0.1) is 5.60 Å². The van der Waals surface area contributed by atoms with Gasteiger partial charge in [0, 0.05) is 6.42 Å². The van der Waals surface area contributed by atoms with Gasteiger partial charge in [-0.1, -0.05) is 6.07 Å². The molecule has 0 heterocycles. The van der Waals surface area contributed by atoms with Crippen LogP contribution in [0.25, 0.3) is 0 Å². The molecule has 0 aliphatic heterocycles. The molecule has 0 bridgehead atoms. The normalized spacial score (nSPS) is 21.6. The summed E-state index contributed by atoms with van der Waals surface area (Å²) in [6.07, 6.45) is 6.61. The lowest BCUT2D eigenvalue weighted by atomic mass is 9.89. The first-order valence-corrected chi connectivity index (χ1v) is 6.19. The zero-order valence-corrected chi connectivity index (χ0v) is 9.43. The number of aryl methyl sites for hydroxylation is 2. The second-order valence-electron chi connectivity index (χ2n) is 5.32. The third kappa shape index (κ3) is 1.86. The monoisotopic (exact) mass is 220 g/mol. The van der Waals surface area contributed by atoms with Gasteiger partial charge in [0.2, 0.25) is 0 Å². The van der Waals surface area contributed by atoms with Crippen LogP contribution in [0.2, 0.25) is 0 Å². The number of halogens is 1. The smallest absolute Gasteiger partial charge is 0.126 e. The fourth-order valence-electron chi connectivity index (χ4n) is 2.62. The quantitative estimate of drug-likeness (QED) is 0.812. The molecule has 0 atom stereocenters. The first-order chi connectivity index (χ1) is 7.66. The van der Waals surface area contributed by atoms with Crippen molar-refractivity contribution in [2.24, 2.45) is 0 Å². The van der Waals surface area contributed by atoms with E-state index < -0.39 is 5.60 Å². The Balaban J connectivity index is 1.92. The molecule has 0 unspecified atom stereocenters. The van der Waals surface area contributed by atoms with E-state index in [0.717, 1.165) is 25.7 Å². The number of hydrogen-bond donors (Lipinski definition) is 1. The van der Waals surface area contributed by atoms with Gasteiger partial charge >= 0.3 is 0 Å². The van der Waals surface area contributed by atoms with Gasteiger partial charge in [0.25, 0.3) is 0 Å². The van der Waals surface area contributed by atoms with E-state index in [0.29, 0.717) is 12.0 Å². The Hall–Kier alpha value is -0.890. The summed E-state index contributed by atoms with van der Waals surface area (Å²) < 4.78 is 13.8. The van der Waals surface area contributed by atoms with E-state index in [4.69, 9.17) is 0 Å². The zero-order chi connectivity index (χ0) is 11.2. The lowest BCUT2D eigenvalue weighted by Crippen LogP contribution is -2.14. The van der Waals surface area contributed by atoms with Crippen LogP contribution in [0, 0.1) is 5.82 Å².